The highest BCUT2D eigenvalue weighted by Crippen LogP contribution is 2.42. The SMILES string of the molecule is COC(=O)C[C@H](C[C@@H](O[Si](C)(C)C(C)(C)C)[C@@H](C)O[Si](C)(C)C(C)(C)C)O[Si](C)(C)C(C)(C)C. The molecular formula is C26H58O5Si3. The van der Waals surface area contributed by atoms with Gasteiger partial charge < -0.3 is 18.0 Å². The van der Waals surface area contributed by atoms with Gasteiger partial charge in [0.15, 0.2) is 25.0 Å². The monoisotopic (exact) mass is 534 g/mol. The van der Waals surface area contributed by atoms with Crippen molar-refractivity contribution in [3.63, 3.8) is 0 Å². The molecule has 0 aromatic carbocycles. The van der Waals surface area contributed by atoms with Crippen molar-refractivity contribution in [2.45, 2.75) is 155 Å². The van der Waals surface area contributed by atoms with Gasteiger partial charge >= 0.3 is 5.97 Å². The van der Waals surface area contributed by atoms with Crippen LogP contribution in [0.15, 0.2) is 0 Å². The summed E-state index contributed by atoms with van der Waals surface area (Å²) in [4.78, 5) is 12.4. The maximum absolute atomic E-state index is 12.4. The van der Waals surface area contributed by atoms with Crippen LogP contribution < -0.4 is 0 Å². The van der Waals surface area contributed by atoms with Gasteiger partial charge in [-0.15, -0.1) is 0 Å². The van der Waals surface area contributed by atoms with Gasteiger partial charge in [-0.2, -0.15) is 0 Å². The van der Waals surface area contributed by atoms with Crippen molar-refractivity contribution >= 4 is 30.9 Å². The van der Waals surface area contributed by atoms with Crippen molar-refractivity contribution in [1.82, 2.24) is 0 Å². The predicted molar refractivity (Wildman–Crippen MR) is 153 cm³/mol. The van der Waals surface area contributed by atoms with E-state index in [1.807, 2.05) is 0 Å². The van der Waals surface area contributed by atoms with Gasteiger partial charge in [-0.25, -0.2) is 0 Å². The number of esters is 1. The van der Waals surface area contributed by atoms with Gasteiger partial charge in [-0.3, -0.25) is 4.79 Å². The summed E-state index contributed by atoms with van der Waals surface area (Å²) < 4.78 is 25.6. The largest absolute Gasteiger partial charge is 0.469 e. The third-order valence-corrected chi connectivity index (χ3v) is 22.1. The molecule has 0 aliphatic heterocycles. The molecule has 0 rings (SSSR count). The average Bonchev–Trinajstić information content (AvgIpc) is 2.56. The second-order valence-corrected chi connectivity index (χ2v) is 28.8. The number of hydrogen-bond donors (Lipinski definition) is 0. The Morgan fingerprint density at radius 3 is 1.38 bits per heavy atom. The first kappa shape index (κ1) is 34.0. The summed E-state index contributed by atoms with van der Waals surface area (Å²) in [6.45, 7) is 36.0. The third-order valence-electron chi connectivity index (χ3n) is 8.45. The van der Waals surface area contributed by atoms with E-state index in [2.05, 4.69) is 109 Å². The summed E-state index contributed by atoms with van der Waals surface area (Å²) in [5.41, 5.74) is 0. The molecule has 34 heavy (non-hydrogen) atoms. The van der Waals surface area contributed by atoms with Gasteiger partial charge in [-0.1, -0.05) is 62.3 Å². The van der Waals surface area contributed by atoms with Crippen molar-refractivity contribution in [1.29, 1.82) is 0 Å². The standard InChI is InChI=1S/C26H58O5Si3/c1-20(29-32(12,13)24(2,3)4)22(31-34(16,17)26(8,9)10)18-21(19-23(27)28-11)30-33(14,15)25(5,6)7/h20-22H,18-19H2,1-17H3/t20-,21+,22-/m1/s1. The molecule has 5 nitrogen and oxygen atoms in total. The minimum atomic E-state index is -2.11. The average molecular weight is 535 g/mol. The second kappa shape index (κ2) is 11.6. The second-order valence-electron chi connectivity index (χ2n) is 14.5. The Balaban J connectivity index is 6.21. The molecule has 3 atom stereocenters. The number of hydrogen-bond acceptors (Lipinski definition) is 5. The molecule has 0 amide bonds. The molecule has 0 aromatic heterocycles. The van der Waals surface area contributed by atoms with Crippen LogP contribution in [0, 0.1) is 0 Å². The zero-order valence-corrected chi connectivity index (χ0v) is 28.7. The third kappa shape index (κ3) is 9.81. The Kier molecular flexibility index (Phi) is 11.6. The lowest BCUT2D eigenvalue weighted by Crippen LogP contribution is -2.53. The molecule has 0 radical (unpaired) electrons. The van der Waals surface area contributed by atoms with Gasteiger partial charge in [0.2, 0.25) is 0 Å². The molecule has 8 heteroatoms. The number of ether oxygens (including phenoxy) is 1. The summed E-state index contributed by atoms with van der Waals surface area (Å²) in [6, 6.07) is 0. The highest BCUT2D eigenvalue weighted by atomic mass is 28.4. The lowest BCUT2D eigenvalue weighted by atomic mass is 10.1. The zero-order valence-electron chi connectivity index (χ0n) is 25.7. The Morgan fingerprint density at radius 1 is 0.676 bits per heavy atom. The van der Waals surface area contributed by atoms with Crippen LogP contribution >= 0.6 is 0 Å². The quantitative estimate of drug-likeness (QED) is 0.198. The fourth-order valence-corrected chi connectivity index (χ4v) is 7.10. The Bertz CT molecular complexity index is 655. The van der Waals surface area contributed by atoms with E-state index >= 15 is 0 Å². The molecule has 0 aliphatic carbocycles. The van der Waals surface area contributed by atoms with Gasteiger partial charge in [0, 0.05) is 6.42 Å². The van der Waals surface area contributed by atoms with Crippen molar-refractivity contribution in [2.75, 3.05) is 7.11 Å². The Morgan fingerprint density at radius 2 is 1.03 bits per heavy atom. The zero-order chi connectivity index (χ0) is 27.6. The molecule has 0 fully saturated rings. The number of carbonyl (C=O) groups excluding carboxylic acids is 1. The molecule has 0 saturated carbocycles. The van der Waals surface area contributed by atoms with Crippen LogP contribution in [0.4, 0.5) is 0 Å². The molecule has 0 N–H and O–H groups in total. The smallest absolute Gasteiger partial charge is 0.308 e. The van der Waals surface area contributed by atoms with Crippen LogP contribution in [-0.4, -0.2) is 56.3 Å². The van der Waals surface area contributed by atoms with Crippen molar-refractivity contribution in [3.05, 3.63) is 0 Å². The van der Waals surface area contributed by atoms with Gasteiger partial charge in [0.1, 0.15) is 0 Å². The molecule has 0 spiro atoms. The summed E-state index contributed by atoms with van der Waals surface area (Å²) in [5.74, 6) is -0.243. The van der Waals surface area contributed by atoms with E-state index in [-0.39, 0.29) is 45.8 Å². The van der Waals surface area contributed by atoms with E-state index in [1.165, 1.54) is 7.11 Å². The highest BCUT2D eigenvalue weighted by molar-refractivity contribution is 6.75. The van der Waals surface area contributed by atoms with E-state index in [0.29, 0.717) is 6.42 Å². The van der Waals surface area contributed by atoms with Crippen LogP contribution in [0.3, 0.4) is 0 Å². The topological polar surface area (TPSA) is 54.0 Å². The molecule has 0 aromatic rings. The van der Waals surface area contributed by atoms with Gasteiger partial charge in [-0.05, 0) is 61.3 Å². The fourth-order valence-electron chi connectivity index (χ4n) is 2.90. The van der Waals surface area contributed by atoms with Crippen LogP contribution in [0.5, 0.6) is 0 Å². The van der Waals surface area contributed by atoms with Crippen LogP contribution in [0.25, 0.3) is 0 Å². The summed E-state index contributed by atoms with van der Waals surface area (Å²) in [5, 5.41) is 0.215. The first-order valence-corrected chi connectivity index (χ1v) is 21.6. The fraction of sp³-hybridized carbons (Fsp3) is 0.962. The maximum atomic E-state index is 12.4. The molecular weight excluding hydrogens is 477 g/mol. The molecule has 0 saturated heterocycles. The molecule has 204 valence electrons. The number of methoxy groups -OCH3 is 1. The van der Waals surface area contributed by atoms with Gasteiger partial charge in [0.25, 0.3) is 0 Å². The van der Waals surface area contributed by atoms with Crippen LogP contribution in [0.1, 0.15) is 82.1 Å². The molecule has 0 aliphatic rings. The van der Waals surface area contributed by atoms with E-state index in [4.69, 9.17) is 18.0 Å². The van der Waals surface area contributed by atoms with E-state index in [1.54, 1.807) is 0 Å². The first-order valence-electron chi connectivity index (χ1n) is 12.9. The van der Waals surface area contributed by atoms with Crippen LogP contribution in [-0.2, 0) is 22.8 Å². The van der Waals surface area contributed by atoms with E-state index in [0.717, 1.165) is 0 Å². The number of rotatable bonds is 11. The Labute approximate surface area is 215 Å². The van der Waals surface area contributed by atoms with E-state index < -0.39 is 25.0 Å². The number of carbonyl (C=O) groups is 1. The predicted octanol–water partition coefficient (Wildman–Crippen LogP) is 8.13. The normalized spacial score (nSPS) is 17.3. The lowest BCUT2D eigenvalue weighted by molar-refractivity contribution is -0.143. The lowest BCUT2D eigenvalue weighted by Gasteiger charge is -2.46. The van der Waals surface area contributed by atoms with Crippen LogP contribution in [0.2, 0.25) is 54.4 Å². The summed E-state index contributed by atoms with van der Waals surface area (Å²) >= 11 is 0. The first-order chi connectivity index (χ1) is 14.8. The summed E-state index contributed by atoms with van der Waals surface area (Å²) in [6.07, 6.45) is 0.318. The highest BCUT2D eigenvalue weighted by Gasteiger charge is 2.45. The van der Waals surface area contributed by atoms with Crippen molar-refractivity contribution < 1.29 is 22.8 Å². The van der Waals surface area contributed by atoms with Gasteiger partial charge in [0.05, 0.1) is 31.8 Å². The minimum absolute atomic E-state index is 0.0421. The minimum Gasteiger partial charge on any atom is -0.469 e. The molecule has 0 heterocycles. The summed E-state index contributed by atoms with van der Waals surface area (Å²) in [7, 11) is -4.76. The molecule has 0 bridgehead atoms. The van der Waals surface area contributed by atoms with Crippen molar-refractivity contribution in [2.24, 2.45) is 0 Å². The Hall–Kier alpha value is 0.000649. The van der Waals surface area contributed by atoms with Crippen molar-refractivity contribution in [3.8, 4) is 0 Å². The molecule has 0 unspecified atom stereocenters. The maximum Gasteiger partial charge on any atom is 0.308 e. The van der Waals surface area contributed by atoms with E-state index in [9.17, 15) is 4.79 Å².